The number of rotatable bonds is 6. The normalized spacial score (nSPS) is 11.4. The summed E-state index contributed by atoms with van der Waals surface area (Å²) in [5.41, 5.74) is 0.935. The first-order valence-corrected chi connectivity index (χ1v) is 7.96. The van der Waals surface area contributed by atoms with Gasteiger partial charge in [-0.2, -0.15) is 0 Å². The summed E-state index contributed by atoms with van der Waals surface area (Å²) >= 11 is 5.78. The molecule has 2 aromatic carbocycles. The van der Waals surface area contributed by atoms with E-state index in [4.69, 9.17) is 16.3 Å². The van der Waals surface area contributed by atoms with E-state index in [-0.39, 0.29) is 19.2 Å². The number of amides is 2. The first-order valence-electron chi connectivity index (χ1n) is 7.58. The van der Waals surface area contributed by atoms with Gasteiger partial charge in [0.05, 0.1) is 12.6 Å². The molecule has 2 aromatic rings. The average molecular weight is 347 g/mol. The largest absolute Gasteiger partial charge is 0.492 e. The standard InChI is InChI=1S/C18H19ClN2O3/c1-13(14-5-3-2-4-6-14)21-18(23)17(22)20-11-12-24-16-9-7-15(19)8-10-16/h2-10,13H,11-12H2,1H3,(H,20,22)(H,21,23)/t13-/m1/s1. The summed E-state index contributed by atoms with van der Waals surface area (Å²) in [6.07, 6.45) is 0. The molecule has 5 nitrogen and oxygen atoms in total. The minimum Gasteiger partial charge on any atom is -0.492 e. The van der Waals surface area contributed by atoms with Gasteiger partial charge >= 0.3 is 11.8 Å². The molecular weight excluding hydrogens is 328 g/mol. The van der Waals surface area contributed by atoms with Gasteiger partial charge < -0.3 is 15.4 Å². The average Bonchev–Trinajstić information content (AvgIpc) is 2.60. The maximum Gasteiger partial charge on any atom is 0.309 e. The Kier molecular flexibility index (Phi) is 6.63. The number of hydrogen-bond donors (Lipinski definition) is 2. The van der Waals surface area contributed by atoms with E-state index in [1.54, 1.807) is 24.3 Å². The monoisotopic (exact) mass is 346 g/mol. The number of benzene rings is 2. The number of nitrogens with one attached hydrogen (secondary N) is 2. The molecule has 1 atom stereocenters. The van der Waals surface area contributed by atoms with Crippen molar-refractivity contribution < 1.29 is 14.3 Å². The highest BCUT2D eigenvalue weighted by atomic mass is 35.5. The highest BCUT2D eigenvalue weighted by Gasteiger charge is 2.16. The zero-order chi connectivity index (χ0) is 17.4. The van der Waals surface area contributed by atoms with Crippen molar-refractivity contribution in [1.29, 1.82) is 0 Å². The molecule has 0 saturated heterocycles. The lowest BCUT2D eigenvalue weighted by Crippen LogP contribution is -2.42. The number of ether oxygens (including phenoxy) is 1. The smallest absolute Gasteiger partial charge is 0.309 e. The van der Waals surface area contributed by atoms with Crippen molar-refractivity contribution in [3.05, 3.63) is 65.2 Å². The molecular formula is C18H19ClN2O3. The second kappa shape index (κ2) is 8.93. The van der Waals surface area contributed by atoms with Crippen LogP contribution in [-0.2, 0) is 9.59 Å². The van der Waals surface area contributed by atoms with Crippen LogP contribution in [-0.4, -0.2) is 25.0 Å². The summed E-state index contributed by atoms with van der Waals surface area (Å²) in [5.74, 6) is -0.703. The van der Waals surface area contributed by atoms with Gasteiger partial charge in [0.15, 0.2) is 0 Å². The molecule has 0 spiro atoms. The van der Waals surface area contributed by atoms with Gasteiger partial charge in [-0.15, -0.1) is 0 Å². The second-order valence-corrected chi connectivity index (χ2v) is 5.60. The van der Waals surface area contributed by atoms with Crippen LogP contribution in [0.5, 0.6) is 5.75 Å². The fraction of sp³-hybridized carbons (Fsp3) is 0.222. The second-order valence-electron chi connectivity index (χ2n) is 5.16. The Morgan fingerprint density at radius 1 is 1.04 bits per heavy atom. The van der Waals surface area contributed by atoms with Crippen LogP contribution in [0.25, 0.3) is 0 Å². The molecule has 0 aliphatic rings. The molecule has 0 heterocycles. The van der Waals surface area contributed by atoms with E-state index in [0.29, 0.717) is 10.8 Å². The van der Waals surface area contributed by atoms with Crippen molar-refractivity contribution in [2.45, 2.75) is 13.0 Å². The predicted molar refractivity (Wildman–Crippen MR) is 93.0 cm³/mol. The van der Waals surface area contributed by atoms with E-state index in [0.717, 1.165) is 5.56 Å². The Bertz CT molecular complexity index is 674. The lowest BCUT2D eigenvalue weighted by atomic mass is 10.1. The van der Waals surface area contributed by atoms with Crippen molar-refractivity contribution in [1.82, 2.24) is 10.6 Å². The van der Waals surface area contributed by atoms with Crippen LogP contribution in [0.3, 0.4) is 0 Å². The van der Waals surface area contributed by atoms with Crippen LogP contribution in [0.1, 0.15) is 18.5 Å². The Morgan fingerprint density at radius 2 is 1.71 bits per heavy atom. The number of carbonyl (C=O) groups excluding carboxylic acids is 2. The molecule has 0 aliphatic heterocycles. The molecule has 0 radical (unpaired) electrons. The SMILES string of the molecule is C[C@@H](NC(=O)C(=O)NCCOc1ccc(Cl)cc1)c1ccccc1. The van der Waals surface area contributed by atoms with Gasteiger partial charge in [-0.1, -0.05) is 41.9 Å². The maximum absolute atomic E-state index is 11.8. The summed E-state index contributed by atoms with van der Waals surface area (Å²) in [7, 11) is 0. The maximum atomic E-state index is 11.8. The summed E-state index contributed by atoms with van der Waals surface area (Å²) in [6.45, 7) is 2.31. The number of halogens is 1. The quantitative estimate of drug-likeness (QED) is 0.624. The topological polar surface area (TPSA) is 67.4 Å². The molecule has 6 heteroatoms. The summed E-state index contributed by atoms with van der Waals surface area (Å²) < 4.78 is 5.44. The molecule has 2 amide bonds. The summed E-state index contributed by atoms with van der Waals surface area (Å²) in [6, 6.07) is 16.1. The van der Waals surface area contributed by atoms with Crippen LogP contribution in [0, 0.1) is 0 Å². The molecule has 2 N–H and O–H groups in total. The van der Waals surface area contributed by atoms with E-state index >= 15 is 0 Å². The van der Waals surface area contributed by atoms with Gasteiger partial charge in [0.2, 0.25) is 0 Å². The molecule has 0 aliphatic carbocycles. The van der Waals surface area contributed by atoms with E-state index in [9.17, 15) is 9.59 Å². The van der Waals surface area contributed by atoms with E-state index in [1.807, 2.05) is 37.3 Å². The van der Waals surface area contributed by atoms with Gasteiger partial charge in [-0.3, -0.25) is 9.59 Å². The van der Waals surface area contributed by atoms with Gasteiger partial charge in [0, 0.05) is 5.02 Å². The Morgan fingerprint density at radius 3 is 2.38 bits per heavy atom. The third-order valence-electron chi connectivity index (χ3n) is 3.32. The molecule has 24 heavy (non-hydrogen) atoms. The Labute approximate surface area is 146 Å². The third kappa shape index (κ3) is 5.59. The Hall–Kier alpha value is -2.53. The highest BCUT2D eigenvalue weighted by Crippen LogP contribution is 2.15. The molecule has 0 fully saturated rings. The zero-order valence-electron chi connectivity index (χ0n) is 13.3. The number of hydrogen-bond acceptors (Lipinski definition) is 3. The lowest BCUT2D eigenvalue weighted by molar-refractivity contribution is -0.139. The van der Waals surface area contributed by atoms with Gasteiger partial charge in [-0.25, -0.2) is 0 Å². The lowest BCUT2D eigenvalue weighted by Gasteiger charge is -2.14. The van der Waals surface area contributed by atoms with Crippen molar-refractivity contribution in [2.24, 2.45) is 0 Å². The molecule has 0 unspecified atom stereocenters. The van der Waals surface area contributed by atoms with Crippen LogP contribution >= 0.6 is 11.6 Å². The highest BCUT2D eigenvalue weighted by molar-refractivity contribution is 6.35. The van der Waals surface area contributed by atoms with Gasteiger partial charge in [-0.05, 0) is 36.8 Å². The van der Waals surface area contributed by atoms with E-state index < -0.39 is 11.8 Å². The minimum absolute atomic E-state index is 0.231. The van der Waals surface area contributed by atoms with Gasteiger partial charge in [0.1, 0.15) is 12.4 Å². The van der Waals surface area contributed by atoms with Crippen molar-refractivity contribution in [3.63, 3.8) is 0 Å². The molecule has 126 valence electrons. The van der Waals surface area contributed by atoms with E-state index in [1.165, 1.54) is 0 Å². The third-order valence-corrected chi connectivity index (χ3v) is 3.58. The summed E-state index contributed by atoms with van der Waals surface area (Å²) in [4.78, 5) is 23.6. The molecule has 0 aromatic heterocycles. The van der Waals surface area contributed by atoms with Crippen LogP contribution in [0.4, 0.5) is 0 Å². The van der Waals surface area contributed by atoms with Crippen molar-refractivity contribution in [3.8, 4) is 5.75 Å². The molecule has 2 rings (SSSR count). The first-order chi connectivity index (χ1) is 11.6. The van der Waals surface area contributed by atoms with Gasteiger partial charge in [0.25, 0.3) is 0 Å². The summed E-state index contributed by atoms with van der Waals surface area (Å²) in [5, 5.41) is 5.80. The van der Waals surface area contributed by atoms with E-state index in [2.05, 4.69) is 10.6 Å². The first kappa shape index (κ1) is 17.8. The fourth-order valence-electron chi connectivity index (χ4n) is 2.03. The van der Waals surface area contributed by atoms with Crippen molar-refractivity contribution >= 4 is 23.4 Å². The van der Waals surface area contributed by atoms with Crippen LogP contribution < -0.4 is 15.4 Å². The van der Waals surface area contributed by atoms with Crippen LogP contribution in [0.2, 0.25) is 5.02 Å². The fourth-order valence-corrected chi connectivity index (χ4v) is 2.16. The Balaban J connectivity index is 1.70. The zero-order valence-corrected chi connectivity index (χ0v) is 14.0. The minimum atomic E-state index is -0.683. The number of carbonyl (C=O) groups is 2. The predicted octanol–water partition coefficient (Wildman–Crippen LogP) is 2.71. The molecule has 0 saturated carbocycles. The molecule has 0 bridgehead atoms. The van der Waals surface area contributed by atoms with Crippen LogP contribution in [0.15, 0.2) is 54.6 Å². The van der Waals surface area contributed by atoms with Crippen molar-refractivity contribution in [2.75, 3.05) is 13.2 Å².